The molecule has 0 aliphatic heterocycles. The van der Waals surface area contributed by atoms with Gasteiger partial charge in [-0.1, -0.05) is 59.9 Å². The van der Waals surface area contributed by atoms with Crippen LogP contribution in [-0.2, 0) is 0 Å². The third kappa shape index (κ3) is 3.97. The molecular weight excluding hydrogens is 328 g/mol. The predicted octanol–water partition coefficient (Wildman–Crippen LogP) is 3.33. The Hall–Kier alpha value is -2.64. The van der Waals surface area contributed by atoms with E-state index in [4.69, 9.17) is 12.2 Å². The number of hydrogen-bond donors (Lipinski definition) is 2. The Morgan fingerprint density at radius 2 is 1.61 bits per heavy atom. The lowest BCUT2D eigenvalue weighted by molar-refractivity contribution is 0.0977. The molecular formula is C16H12N4OS2. The Bertz CT molecular complexity index is 818. The van der Waals surface area contributed by atoms with Crippen LogP contribution in [0.25, 0.3) is 10.6 Å². The minimum atomic E-state index is -0.268. The van der Waals surface area contributed by atoms with Crippen molar-refractivity contribution in [3.8, 4) is 10.6 Å². The summed E-state index contributed by atoms with van der Waals surface area (Å²) in [4.78, 5) is 12.0. The van der Waals surface area contributed by atoms with E-state index in [1.54, 1.807) is 24.3 Å². The fourth-order valence-corrected chi connectivity index (χ4v) is 2.87. The Morgan fingerprint density at radius 1 is 0.957 bits per heavy atom. The highest BCUT2D eigenvalue weighted by atomic mass is 32.1. The van der Waals surface area contributed by atoms with Crippen molar-refractivity contribution in [2.75, 3.05) is 5.32 Å². The van der Waals surface area contributed by atoms with Gasteiger partial charge in [-0.25, -0.2) is 0 Å². The standard InChI is InChI=1S/C16H12N4OS2/c21-13(11-7-3-1-4-8-11)17-15(22)18-16-20-19-14(23-16)12-9-5-2-6-10-12/h1-10H,(H2,17,18,20,21,22). The first-order valence-corrected chi connectivity index (χ1v) is 8.01. The van der Waals surface area contributed by atoms with Crippen LogP contribution in [0.1, 0.15) is 10.4 Å². The molecule has 0 unspecified atom stereocenters. The van der Waals surface area contributed by atoms with Gasteiger partial charge < -0.3 is 5.32 Å². The molecule has 0 bridgehead atoms. The van der Waals surface area contributed by atoms with Crippen molar-refractivity contribution in [2.45, 2.75) is 0 Å². The van der Waals surface area contributed by atoms with Gasteiger partial charge in [0.2, 0.25) is 5.13 Å². The van der Waals surface area contributed by atoms with Crippen LogP contribution in [0.4, 0.5) is 5.13 Å². The van der Waals surface area contributed by atoms with Crippen molar-refractivity contribution in [2.24, 2.45) is 0 Å². The molecule has 5 nitrogen and oxygen atoms in total. The van der Waals surface area contributed by atoms with Gasteiger partial charge in [0.25, 0.3) is 5.91 Å². The van der Waals surface area contributed by atoms with Crippen LogP contribution < -0.4 is 10.6 Å². The SMILES string of the molecule is O=C(NC(=S)Nc1nnc(-c2ccccc2)s1)c1ccccc1. The van der Waals surface area contributed by atoms with Crippen molar-refractivity contribution >= 4 is 39.7 Å². The number of benzene rings is 2. The Balaban J connectivity index is 1.63. The van der Waals surface area contributed by atoms with Gasteiger partial charge in [-0.05, 0) is 24.4 Å². The minimum absolute atomic E-state index is 0.189. The number of carbonyl (C=O) groups excluding carboxylic acids is 1. The molecule has 0 aliphatic rings. The van der Waals surface area contributed by atoms with E-state index in [1.165, 1.54) is 11.3 Å². The van der Waals surface area contributed by atoms with Crippen LogP contribution in [0, 0.1) is 0 Å². The number of rotatable bonds is 3. The summed E-state index contributed by atoms with van der Waals surface area (Å²) >= 11 is 6.50. The van der Waals surface area contributed by atoms with E-state index < -0.39 is 0 Å². The predicted molar refractivity (Wildman–Crippen MR) is 95.5 cm³/mol. The van der Waals surface area contributed by atoms with Crippen molar-refractivity contribution in [3.63, 3.8) is 0 Å². The average molecular weight is 340 g/mol. The molecule has 23 heavy (non-hydrogen) atoms. The number of hydrogen-bond acceptors (Lipinski definition) is 5. The quantitative estimate of drug-likeness (QED) is 0.716. The summed E-state index contributed by atoms with van der Waals surface area (Å²) in [6, 6.07) is 18.6. The molecule has 7 heteroatoms. The zero-order chi connectivity index (χ0) is 16.1. The maximum atomic E-state index is 12.0. The van der Waals surface area contributed by atoms with E-state index in [1.807, 2.05) is 36.4 Å². The molecule has 0 saturated carbocycles. The Kier molecular flexibility index (Phi) is 4.70. The fraction of sp³-hybridized carbons (Fsp3) is 0. The Morgan fingerprint density at radius 3 is 2.30 bits per heavy atom. The van der Waals surface area contributed by atoms with E-state index in [-0.39, 0.29) is 11.0 Å². The van der Waals surface area contributed by atoms with E-state index in [9.17, 15) is 4.79 Å². The van der Waals surface area contributed by atoms with Gasteiger partial charge in [-0.15, -0.1) is 10.2 Å². The molecule has 1 amide bonds. The van der Waals surface area contributed by atoms with Gasteiger partial charge in [0.05, 0.1) is 0 Å². The molecule has 0 spiro atoms. The summed E-state index contributed by atoms with van der Waals surface area (Å²) in [5.74, 6) is -0.268. The number of anilines is 1. The van der Waals surface area contributed by atoms with Gasteiger partial charge >= 0.3 is 0 Å². The summed E-state index contributed by atoms with van der Waals surface area (Å²) in [5, 5.41) is 15.1. The topological polar surface area (TPSA) is 66.9 Å². The first-order chi connectivity index (χ1) is 11.2. The fourth-order valence-electron chi connectivity index (χ4n) is 1.86. The van der Waals surface area contributed by atoms with E-state index in [2.05, 4.69) is 20.8 Å². The summed E-state index contributed by atoms with van der Waals surface area (Å²) < 4.78 is 0. The molecule has 3 aromatic rings. The molecule has 0 saturated heterocycles. The normalized spacial score (nSPS) is 10.1. The Labute approximate surface area is 142 Å². The molecule has 114 valence electrons. The minimum Gasteiger partial charge on any atom is -0.307 e. The van der Waals surface area contributed by atoms with Gasteiger partial charge in [0, 0.05) is 11.1 Å². The van der Waals surface area contributed by atoms with Crippen molar-refractivity contribution in [3.05, 3.63) is 66.2 Å². The molecule has 1 aromatic heterocycles. The maximum absolute atomic E-state index is 12.0. The van der Waals surface area contributed by atoms with Crippen LogP contribution in [0.15, 0.2) is 60.7 Å². The second kappa shape index (κ2) is 7.08. The summed E-state index contributed by atoms with van der Waals surface area (Å²) in [7, 11) is 0. The van der Waals surface area contributed by atoms with Crippen molar-refractivity contribution in [1.82, 2.24) is 15.5 Å². The first-order valence-electron chi connectivity index (χ1n) is 6.79. The molecule has 0 radical (unpaired) electrons. The van der Waals surface area contributed by atoms with Crippen LogP contribution in [0.2, 0.25) is 0 Å². The number of thiocarbonyl (C=S) groups is 1. The largest absolute Gasteiger partial charge is 0.307 e. The molecule has 0 fully saturated rings. The smallest absolute Gasteiger partial charge is 0.257 e. The van der Waals surface area contributed by atoms with Crippen molar-refractivity contribution in [1.29, 1.82) is 0 Å². The number of aromatic nitrogens is 2. The molecule has 0 aliphatic carbocycles. The monoisotopic (exact) mass is 340 g/mol. The van der Waals surface area contributed by atoms with Crippen LogP contribution >= 0.6 is 23.6 Å². The van der Waals surface area contributed by atoms with E-state index >= 15 is 0 Å². The summed E-state index contributed by atoms with van der Waals surface area (Å²) in [6.45, 7) is 0. The summed E-state index contributed by atoms with van der Waals surface area (Å²) in [6.07, 6.45) is 0. The van der Waals surface area contributed by atoms with Crippen LogP contribution in [0.5, 0.6) is 0 Å². The van der Waals surface area contributed by atoms with Gasteiger partial charge in [0.15, 0.2) is 5.11 Å². The molecule has 0 atom stereocenters. The molecule has 2 N–H and O–H groups in total. The zero-order valence-electron chi connectivity index (χ0n) is 11.9. The second-order valence-corrected chi connectivity index (χ2v) is 5.94. The van der Waals surface area contributed by atoms with Crippen molar-refractivity contribution < 1.29 is 4.79 Å². The second-order valence-electron chi connectivity index (χ2n) is 4.55. The highest BCUT2D eigenvalue weighted by Gasteiger charge is 2.10. The molecule has 1 heterocycles. The lowest BCUT2D eigenvalue weighted by Gasteiger charge is -2.06. The molecule has 2 aromatic carbocycles. The summed E-state index contributed by atoms with van der Waals surface area (Å²) in [5.41, 5.74) is 1.52. The third-order valence-corrected chi connectivity index (χ3v) is 4.02. The number of nitrogens with one attached hydrogen (secondary N) is 2. The van der Waals surface area contributed by atoms with Gasteiger partial charge in [0.1, 0.15) is 5.01 Å². The van der Waals surface area contributed by atoms with E-state index in [0.717, 1.165) is 10.6 Å². The number of amides is 1. The number of nitrogens with zero attached hydrogens (tertiary/aromatic N) is 2. The highest BCUT2D eigenvalue weighted by molar-refractivity contribution is 7.80. The van der Waals surface area contributed by atoms with Crippen LogP contribution in [0.3, 0.4) is 0 Å². The average Bonchev–Trinajstić information content (AvgIpc) is 3.04. The van der Waals surface area contributed by atoms with E-state index in [0.29, 0.717) is 10.7 Å². The maximum Gasteiger partial charge on any atom is 0.257 e. The highest BCUT2D eigenvalue weighted by Crippen LogP contribution is 2.25. The lowest BCUT2D eigenvalue weighted by Crippen LogP contribution is -2.34. The zero-order valence-corrected chi connectivity index (χ0v) is 13.5. The van der Waals surface area contributed by atoms with Crippen LogP contribution in [-0.4, -0.2) is 21.2 Å². The lowest BCUT2D eigenvalue weighted by atomic mass is 10.2. The first kappa shape index (κ1) is 15.3. The van der Waals surface area contributed by atoms with Gasteiger partial charge in [-0.2, -0.15) is 0 Å². The third-order valence-electron chi connectivity index (χ3n) is 2.93. The van der Waals surface area contributed by atoms with Gasteiger partial charge in [-0.3, -0.25) is 10.1 Å². The number of carbonyl (C=O) groups is 1. The molecule has 3 rings (SSSR count).